The third-order valence-electron chi connectivity index (χ3n) is 8.36. The Balaban J connectivity index is 1.66. The van der Waals surface area contributed by atoms with Crippen LogP contribution in [0, 0.1) is 11.8 Å². The predicted molar refractivity (Wildman–Crippen MR) is 169 cm³/mol. The monoisotopic (exact) mass is 568 g/mol. The summed E-state index contributed by atoms with van der Waals surface area (Å²) in [5.41, 5.74) is 8.22. The molecule has 200 valence electrons. The van der Waals surface area contributed by atoms with Gasteiger partial charge in [0.25, 0.3) is 0 Å². The van der Waals surface area contributed by atoms with Crippen LogP contribution in [0.3, 0.4) is 0 Å². The van der Waals surface area contributed by atoms with Crippen LogP contribution < -0.4 is 0 Å². The van der Waals surface area contributed by atoms with E-state index in [4.69, 9.17) is 0 Å². The van der Waals surface area contributed by atoms with Gasteiger partial charge in [0.05, 0.1) is 0 Å². The quantitative estimate of drug-likeness (QED) is 0.134. The second kappa shape index (κ2) is 14.7. The summed E-state index contributed by atoms with van der Waals surface area (Å²) in [5, 5.41) is 0. The van der Waals surface area contributed by atoms with E-state index in [9.17, 15) is 0 Å². The highest BCUT2D eigenvalue weighted by Gasteiger charge is 2.42. The zero-order chi connectivity index (χ0) is 26.6. The van der Waals surface area contributed by atoms with Gasteiger partial charge in [-0.05, 0) is 71.5 Å². The van der Waals surface area contributed by atoms with Crippen LogP contribution in [-0.2, 0) is 5.41 Å². The molecule has 0 N–H and O–H groups in total. The van der Waals surface area contributed by atoms with E-state index in [1.165, 1.54) is 117 Å². The Morgan fingerprint density at radius 1 is 0.553 bits per heavy atom. The van der Waals surface area contributed by atoms with Crippen molar-refractivity contribution < 1.29 is 0 Å². The molecule has 0 bridgehead atoms. The Morgan fingerprint density at radius 3 is 1.71 bits per heavy atom. The molecule has 0 nitrogen and oxygen atoms in total. The largest absolute Gasteiger partial charge is 0.0654 e. The Morgan fingerprint density at radius 2 is 1.08 bits per heavy atom. The molecule has 1 aliphatic rings. The predicted octanol–water partition coefficient (Wildman–Crippen LogP) is 11.6. The third kappa shape index (κ3) is 7.21. The van der Waals surface area contributed by atoms with Crippen LogP contribution in [0.15, 0.2) is 71.2 Å². The molecule has 4 rings (SSSR count). The Kier molecular flexibility index (Phi) is 11.1. The summed E-state index contributed by atoms with van der Waals surface area (Å²) in [7, 11) is 0. The van der Waals surface area contributed by atoms with Gasteiger partial charge in [0.15, 0.2) is 0 Å². The topological polar surface area (TPSA) is 0 Å². The summed E-state index contributed by atoms with van der Waals surface area (Å²) in [6.07, 6.45) is 18.6. The Labute approximate surface area is 240 Å². The highest BCUT2D eigenvalue weighted by Crippen LogP contribution is 2.55. The van der Waals surface area contributed by atoms with Gasteiger partial charge in [-0.25, -0.2) is 0 Å². The second-order valence-corrected chi connectivity index (χ2v) is 12.1. The molecule has 0 saturated heterocycles. The van der Waals surface area contributed by atoms with Crippen LogP contribution in [-0.4, -0.2) is 0 Å². The van der Waals surface area contributed by atoms with Crippen LogP contribution in [0.2, 0.25) is 0 Å². The molecule has 0 fully saturated rings. The molecule has 0 radical (unpaired) electrons. The first-order valence-corrected chi connectivity index (χ1v) is 16.0. The molecule has 0 saturated carbocycles. The zero-order valence-corrected chi connectivity index (χ0v) is 25.2. The molecular formula is C37H45Br. The van der Waals surface area contributed by atoms with E-state index in [0.717, 1.165) is 11.1 Å². The standard InChI is InChI=1S/C37H45Br/c1-3-5-7-9-11-16-26-37(27-17-12-10-8-6-4-2)35-28-31(21-20-30-18-14-13-15-19-30)22-24-33(35)34-25-23-32(38)29-36(34)37/h13-15,18-19,22-25,28-29H,3-12,16-17,26-27H2,1-2H3. The lowest BCUT2D eigenvalue weighted by molar-refractivity contribution is 0.397. The summed E-state index contributed by atoms with van der Waals surface area (Å²) in [5.74, 6) is 6.88. The lowest BCUT2D eigenvalue weighted by Crippen LogP contribution is -2.25. The molecule has 3 aromatic rings. The van der Waals surface area contributed by atoms with Gasteiger partial charge in [0, 0.05) is 21.0 Å². The van der Waals surface area contributed by atoms with Crippen LogP contribution in [0.1, 0.15) is 126 Å². The molecule has 3 aromatic carbocycles. The molecule has 0 aromatic heterocycles. The fraction of sp³-hybridized carbons (Fsp3) is 0.459. The van der Waals surface area contributed by atoms with Gasteiger partial charge >= 0.3 is 0 Å². The van der Waals surface area contributed by atoms with Gasteiger partial charge in [-0.2, -0.15) is 0 Å². The number of halogens is 1. The number of hydrogen-bond acceptors (Lipinski definition) is 0. The minimum absolute atomic E-state index is 0.0917. The number of hydrogen-bond donors (Lipinski definition) is 0. The number of rotatable bonds is 14. The molecule has 0 aliphatic heterocycles. The molecule has 0 spiro atoms. The first-order valence-electron chi connectivity index (χ1n) is 15.2. The summed E-state index contributed by atoms with van der Waals surface area (Å²) in [6, 6.07) is 24.4. The van der Waals surface area contributed by atoms with E-state index in [2.05, 4.69) is 108 Å². The van der Waals surface area contributed by atoms with Gasteiger partial charge in [0.2, 0.25) is 0 Å². The van der Waals surface area contributed by atoms with E-state index < -0.39 is 0 Å². The molecule has 1 heteroatoms. The highest BCUT2D eigenvalue weighted by atomic mass is 79.9. The molecular weight excluding hydrogens is 524 g/mol. The van der Waals surface area contributed by atoms with Crippen molar-refractivity contribution >= 4 is 15.9 Å². The van der Waals surface area contributed by atoms with E-state index in [0.29, 0.717) is 0 Å². The molecule has 0 atom stereocenters. The molecule has 38 heavy (non-hydrogen) atoms. The van der Waals surface area contributed by atoms with Crippen molar-refractivity contribution in [3.63, 3.8) is 0 Å². The first-order chi connectivity index (χ1) is 18.7. The summed E-state index contributed by atoms with van der Waals surface area (Å²) in [4.78, 5) is 0. The second-order valence-electron chi connectivity index (χ2n) is 11.2. The Hall–Kier alpha value is -2.30. The van der Waals surface area contributed by atoms with Crippen molar-refractivity contribution in [1.29, 1.82) is 0 Å². The number of benzene rings is 3. The maximum Gasteiger partial charge on any atom is 0.0252 e. The zero-order valence-electron chi connectivity index (χ0n) is 23.6. The van der Waals surface area contributed by atoms with E-state index in [1.807, 2.05) is 0 Å². The Bertz CT molecular complexity index is 1190. The van der Waals surface area contributed by atoms with E-state index in [-0.39, 0.29) is 5.41 Å². The van der Waals surface area contributed by atoms with Crippen molar-refractivity contribution in [2.45, 2.75) is 109 Å². The maximum atomic E-state index is 3.82. The first kappa shape index (κ1) is 28.7. The van der Waals surface area contributed by atoms with Crippen molar-refractivity contribution in [3.05, 3.63) is 93.5 Å². The van der Waals surface area contributed by atoms with Crippen LogP contribution in [0.4, 0.5) is 0 Å². The normalized spacial score (nSPS) is 13.0. The van der Waals surface area contributed by atoms with Gasteiger partial charge < -0.3 is 0 Å². The van der Waals surface area contributed by atoms with Crippen molar-refractivity contribution in [1.82, 2.24) is 0 Å². The minimum Gasteiger partial charge on any atom is -0.0654 e. The third-order valence-corrected chi connectivity index (χ3v) is 8.85. The SMILES string of the molecule is CCCCCCCCC1(CCCCCCCC)c2cc(Br)ccc2-c2ccc(C#Cc3ccccc3)cc21. The average molecular weight is 570 g/mol. The smallest absolute Gasteiger partial charge is 0.0252 e. The van der Waals surface area contributed by atoms with Crippen LogP contribution >= 0.6 is 15.9 Å². The fourth-order valence-corrected chi connectivity index (χ4v) is 6.65. The van der Waals surface area contributed by atoms with Crippen molar-refractivity contribution in [3.8, 4) is 23.0 Å². The van der Waals surface area contributed by atoms with Crippen LogP contribution in [0.5, 0.6) is 0 Å². The number of unbranched alkanes of at least 4 members (excludes halogenated alkanes) is 10. The van der Waals surface area contributed by atoms with Crippen molar-refractivity contribution in [2.24, 2.45) is 0 Å². The van der Waals surface area contributed by atoms with E-state index >= 15 is 0 Å². The minimum atomic E-state index is 0.0917. The maximum absolute atomic E-state index is 3.82. The van der Waals surface area contributed by atoms with Gasteiger partial charge in [-0.15, -0.1) is 0 Å². The molecule has 1 aliphatic carbocycles. The van der Waals surface area contributed by atoms with Gasteiger partial charge in [-0.3, -0.25) is 0 Å². The molecule has 0 amide bonds. The molecule has 0 unspecified atom stereocenters. The highest BCUT2D eigenvalue weighted by molar-refractivity contribution is 9.10. The fourth-order valence-electron chi connectivity index (χ4n) is 6.29. The lowest BCUT2D eigenvalue weighted by Gasteiger charge is -2.33. The van der Waals surface area contributed by atoms with Crippen LogP contribution in [0.25, 0.3) is 11.1 Å². The summed E-state index contributed by atoms with van der Waals surface area (Å²) < 4.78 is 1.20. The van der Waals surface area contributed by atoms with E-state index in [1.54, 1.807) is 0 Å². The van der Waals surface area contributed by atoms with Gasteiger partial charge in [0.1, 0.15) is 0 Å². The van der Waals surface area contributed by atoms with Crippen molar-refractivity contribution in [2.75, 3.05) is 0 Å². The summed E-state index contributed by atoms with van der Waals surface area (Å²) in [6.45, 7) is 4.61. The molecule has 0 heterocycles. The summed E-state index contributed by atoms with van der Waals surface area (Å²) >= 11 is 3.82. The number of fused-ring (bicyclic) bond motifs is 3. The van der Waals surface area contributed by atoms with Gasteiger partial charge in [-0.1, -0.05) is 149 Å². The lowest BCUT2D eigenvalue weighted by atomic mass is 9.70. The average Bonchev–Trinajstić information content (AvgIpc) is 3.20.